The molecule has 1 aromatic carbocycles. The molecule has 9 heteroatoms. The fourth-order valence-corrected chi connectivity index (χ4v) is 3.28. The third-order valence-electron chi connectivity index (χ3n) is 3.79. The van der Waals surface area contributed by atoms with Gasteiger partial charge in [-0.2, -0.15) is 0 Å². The molecule has 3 N–H and O–H groups in total. The van der Waals surface area contributed by atoms with E-state index in [1.54, 1.807) is 16.7 Å². The molecule has 0 unspecified atom stereocenters. The van der Waals surface area contributed by atoms with Crippen LogP contribution in [0.2, 0.25) is 5.02 Å². The van der Waals surface area contributed by atoms with Gasteiger partial charge in [-0.15, -0.1) is 10.2 Å². The van der Waals surface area contributed by atoms with Gasteiger partial charge in [0, 0.05) is 16.6 Å². The van der Waals surface area contributed by atoms with Crippen LogP contribution >= 0.6 is 23.4 Å². The van der Waals surface area contributed by atoms with Crippen LogP contribution in [0, 0.1) is 6.92 Å². The largest absolute Gasteiger partial charge is 0.368 e. The molecule has 2 amide bonds. The van der Waals surface area contributed by atoms with E-state index in [1.807, 2.05) is 13.0 Å². The van der Waals surface area contributed by atoms with E-state index in [2.05, 4.69) is 15.5 Å². The van der Waals surface area contributed by atoms with Crippen LogP contribution in [-0.4, -0.2) is 32.3 Å². The summed E-state index contributed by atoms with van der Waals surface area (Å²) in [5.41, 5.74) is 6.89. The molecule has 3 rings (SSSR count). The second kappa shape index (κ2) is 7.45. The summed E-state index contributed by atoms with van der Waals surface area (Å²) >= 11 is 7.28. The molecule has 1 heterocycles. The average molecular weight is 380 g/mol. The second-order valence-corrected chi connectivity index (χ2v) is 7.32. The van der Waals surface area contributed by atoms with Crippen molar-refractivity contribution in [3.8, 4) is 0 Å². The van der Waals surface area contributed by atoms with Gasteiger partial charge in [0.25, 0.3) is 0 Å². The van der Waals surface area contributed by atoms with Crippen molar-refractivity contribution < 1.29 is 9.59 Å². The molecule has 0 saturated heterocycles. The Morgan fingerprint density at radius 3 is 2.80 bits per heavy atom. The van der Waals surface area contributed by atoms with Crippen LogP contribution in [0.15, 0.2) is 23.4 Å². The standard InChI is InChI=1S/C16H18ClN5O2S/c1-9-2-5-11(6-12(9)17)19-14(24)8-25-16-21-20-15(10-3-4-10)22(16)7-13(18)23/h2,5-6,10H,3-4,7-8H2,1H3,(H2,18,23)(H,19,24). The number of nitrogens with one attached hydrogen (secondary N) is 1. The quantitative estimate of drug-likeness (QED) is 0.718. The molecule has 1 saturated carbocycles. The molecule has 1 fully saturated rings. The molecule has 0 aliphatic heterocycles. The lowest BCUT2D eigenvalue weighted by Crippen LogP contribution is -2.21. The third-order valence-corrected chi connectivity index (χ3v) is 5.16. The first-order valence-corrected chi connectivity index (χ1v) is 9.20. The lowest BCUT2D eigenvalue weighted by Gasteiger charge is -2.08. The summed E-state index contributed by atoms with van der Waals surface area (Å²) in [6.07, 6.45) is 2.08. The Labute approximate surface area is 154 Å². The number of anilines is 1. The number of carbonyl (C=O) groups excluding carboxylic acids is 2. The summed E-state index contributed by atoms with van der Waals surface area (Å²) in [5.74, 6) is 0.609. The number of hydrogen-bond donors (Lipinski definition) is 2. The molecule has 132 valence electrons. The minimum atomic E-state index is -0.456. The Balaban J connectivity index is 1.63. The van der Waals surface area contributed by atoms with Crippen LogP contribution < -0.4 is 11.1 Å². The van der Waals surface area contributed by atoms with Crippen LogP contribution in [0.25, 0.3) is 0 Å². The van der Waals surface area contributed by atoms with Gasteiger partial charge in [-0.05, 0) is 37.5 Å². The zero-order chi connectivity index (χ0) is 18.0. The SMILES string of the molecule is Cc1ccc(NC(=O)CSc2nnc(C3CC3)n2CC(N)=O)cc1Cl. The molecular formula is C16H18ClN5O2S. The Bertz CT molecular complexity index is 819. The Kier molecular flexibility index (Phi) is 5.29. The zero-order valence-corrected chi connectivity index (χ0v) is 15.2. The maximum Gasteiger partial charge on any atom is 0.237 e. The molecule has 1 aliphatic rings. The summed E-state index contributed by atoms with van der Waals surface area (Å²) in [5, 5.41) is 12.2. The number of thioether (sulfide) groups is 1. The van der Waals surface area contributed by atoms with E-state index >= 15 is 0 Å². The molecule has 0 atom stereocenters. The average Bonchev–Trinajstić information content (AvgIpc) is 3.31. The first kappa shape index (κ1) is 17.8. The normalized spacial score (nSPS) is 13.7. The number of benzene rings is 1. The van der Waals surface area contributed by atoms with E-state index in [4.69, 9.17) is 17.3 Å². The maximum absolute atomic E-state index is 12.1. The van der Waals surface area contributed by atoms with Crippen molar-refractivity contribution in [1.82, 2.24) is 14.8 Å². The van der Waals surface area contributed by atoms with Crippen molar-refractivity contribution in [2.24, 2.45) is 5.73 Å². The molecule has 1 aliphatic carbocycles. The summed E-state index contributed by atoms with van der Waals surface area (Å²) in [4.78, 5) is 23.4. The lowest BCUT2D eigenvalue weighted by molar-refractivity contribution is -0.118. The maximum atomic E-state index is 12.1. The predicted molar refractivity (Wildman–Crippen MR) is 96.7 cm³/mol. The van der Waals surface area contributed by atoms with E-state index in [0.717, 1.165) is 24.2 Å². The van der Waals surface area contributed by atoms with Crippen LogP contribution in [-0.2, 0) is 16.1 Å². The first-order chi connectivity index (χ1) is 11.9. The number of aromatic nitrogens is 3. The fraction of sp³-hybridized carbons (Fsp3) is 0.375. The van der Waals surface area contributed by atoms with E-state index in [-0.39, 0.29) is 18.2 Å². The summed E-state index contributed by atoms with van der Waals surface area (Å²) in [6.45, 7) is 1.92. The number of halogens is 1. The number of nitrogens with two attached hydrogens (primary N) is 1. The Morgan fingerprint density at radius 1 is 1.40 bits per heavy atom. The minimum absolute atomic E-state index is 0.0242. The van der Waals surface area contributed by atoms with Crippen molar-refractivity contribution >= 4 is 40.9 Å². The van der Waals surface area contributed by atoms with Gasteiger partial charge in [0.1, 0.15) is 12.4 Å². The highest BCUT2D eigenvalue weighted by atomic mass is 35.5. The lowest BCUT2D eigenvalue weighted by atomic mass is 10.2. The number of hydrogen-bond acceptors (Lipinski definition) is 5. The number of carbonyl (C=O) groups is 2. The van der Waals surface area contributed by atoms with Gasteiger partial charge in [0.2, 0.25) is 11.8 Å². The molecule has 0 radical (unpaired) electrons. The van der Waals surface area contributed by atoms with Crippen LogP contribution in [0.3, 0.4) is 0 Å². The summed E-state index contributed by atoms with van der Waals surface area (Å²) in [6, 6.07) is 5.35. The smallest absolute Gasteiger partial charge is 0.237 e. The summed E-state index contributed by atoms with van der Waals surface area (Å²) in [7, 11) is 0. The van der Waals surface area contributed by atoms with Crippen LogP contribution in [0.5, 0.6) is 0 Å². The van der Waals surface area contributed by atoms with Crippen molar-refractivity contribution in [2.45, 2.75) is 37.4 Å². The highest BCUT2D eigenvalue weighted by Crippen LogP contribution is 2.40. The highest BCUT2D eigenvalue weighted by molar-refractivity contribution is 7.99. The van der Waals surface area contributed by atoms with Crippen molar-refractivity contribution in [2.75, 3.05) is 11.1 Å². The van der Waals surface area contributed by atoms with Gasteiger partial charge in [0.15, 0.2) is 5.16 Å². The van der Waals surface area contributed by atoms with Gasteiger partial charge in [-0.3, -0.25) is 14.2 Å². The fourth-order valence-electron chi connectivity index (χ4n) is 2.35. The van der Waals surface area contributed by atoms with E-state index in [9.17, 15) is 9.59 Å². The monoisotopic (exact) mass is 379 g/mol. The molecular weight excluding hydrogens is 362 g/mol. The van der Waals surface area contributed by atoms with Crippen molar-refractivity contribution in [1.29, 1.82) is 0 Å². The van der Waals surface area contributed by atoms with Gasteiger partial charge < -0.3 is 11.1 Å². The van der Waals surface area contributed by atoms with Gasteiger partial charge in [-0.1, -0.05) is 29.4 Å². The van der Waals surface area contributed by atoms with Crippen molar-refractivity contribution in [3.05, 3.63) is 34.6 Å². The van der Waals surface area contributed by atoms with E-state index in [1.165, 1.54) is 11.8 Å². The number of amides is 2. The molecule has 0 bridgehead atoms. The third kappa shape index (κ3) is 4.52. The molecule has 7 nitrogen and oxygen atoms in total. The summed E-state index contributed by atoms with van der Waals surface area (Å²) < 4.78 is 1.71. The number of nitrogens with zero attached hydrogens (tertiary/aromatic N) is 3. The van der Waals surface area contributed by atoms with Gasteiger partial charge >= 0.3 is 0 Å². The Hall–Kier alpha value is -2.06. The van der Waals surface area contributed by atoms with Gasteiger partial charge in [-0.25, -0.2) is 0 Å². The molecule has 1 aromatic heterocycles. The Morgan fingerprint density at radius 2 is 2.16 bits per heavy atom. The molecule has 2 aromatic rings. The number of primary amides is 1. The number of aryl methyl sites for hydroxylation is 1. The minimum Gasteiger partial charge on any atom is -0.368 e. The molecule has 25 heavy (non-hydrogen) atoms. The van der Waals surface area contributed by atoms with Crippen LogP contribution in [0.1, 0.15) is 30.1 Å². The second-order valence-electron chi connectivity index (χ2n) is 5.97. The van der Waals surface area contributed by atoms with Crippen LogP contribution in [0.4, 0.5) is 5.69 Å². The number of rotatable bonds is 7. The molecule has 0 spiro atoms. The highest BCUT2D eigenvalue weighted by Gasteiger charge is 2.31. The zero-order valence-electron chi connectivity index (χ0n) is 13.7. The topological polar surface area (TPSA) is 103 Å². The predicted octanol–water partition coefficient (Wildman–Crippen LogP) is 2.33. The van der Waals surface area contributed by atoms with Gasteiger partial charge in [0.05, 0.1) is 5.75 Å². The van der Waals surface area contributed by atoms with Crippen molar-refractivity contribution in [3.63, 3.8) is 0 Å². The van der Waals surface area contributed by atoms with E-state index < -0.39 is 5.91 Å². The first-order valence-electron chi connectivity index (χ1n) is 7.84. The van der Waals surface area contributed by atoms with E-state index in [0.29, 0.717) is 21.8 Å².